The predicted octanol–water partition coefficient (Wildman–Crippen LogP) is 8.43. The highest BCUT2D eigenvalue weighted by atomic mass is 35.5. The molecule has 0 saturated carbocycles. The van der Waals surface area contributed by atoms with Crippen molar-refractivity contribution in [2.75, 3.05) is 20.3 Å². The standard InChI is InChI=1S/C37H34Cl2O9/c1-3-19-45-37(42)48-34(21-25-11-13-27(14-12-25)26-8-5-4-6-9-26)36(41)46-24-28-15-17-30(23-33(28)43-2)44-20-7-10-35(40)47-32-18-16-29(38)22-31(32)39/h3-6,8-9,11-18,22-23,34H,1,7,10,19-21,24H2,2H3. The first-order valence-electron chi connectivity index (χ1n) is 15.0. The van der Waals surface area contributed by atoms with Gasteiger partial charge in [0.15, 0.2) is 0 Å². The van der Waals surface area contributed by atoms with Crippen molar-refractivity contribution in [2.24, 2.45) is 0 Å². The van der Waals surface area contributed by atoms with Crippen molar-refractivity contribution in [1.82, 2.24) is 0 Å². The molecule has 0 amide bonds. The van der Waals surface area contributed by atoms with Gasteiger partial charge in [-0.05, 0) is 53.4 Å². The Bertz CT molecular complexity index is 1690. The number of ether oxygens (including phenoxy) is 6. The van der Waals surface area contributed by atoms with Gasteiger partial charge in [-0.15, -0.1) is 0 Å². The molecule has 1 atom stereocenters. The summed E-state index contributed by atoms with van der Waals surface area (Å²) in [7, 11) is 1.48. The van der Waals surface area contributed by atoms with Crippen LogP contribution in [0.15, 0.2) is 104 Å². The van der Waals surface area contributed by atoms with Gasteiger partial charge in [-0.1, -0.05) is 90.5 Å². The summed E-state index contributed by atoms with van der Waals surface area (Å²) in [5.74, 6) is -0.0847. The van der Waals surface area contributed by atoms with Crippen molar-refractivity contribution in [3.8, 4) is 28.4 Å². The van der Waals surface area contributed by atoms with E-state index in [1.165, 1.54) is 25.3 Å². The Kier molecular flexibility index (Phi) is 13.7. The lowest BCUT2D eigenvalue weighted by atomic mass is 10.0. The minimum Gasteiger partial charge on any atom is -0.496 e. The number of rotatable bonds is 16. The smallest absolute Gasteiger partial charge is 0.496 e. The van der Waals surface area contributed by atoms with E-state index in [1.54, 1.807) is 24.3 Å². The summed E-state index contributed by atoms with van der Waals surface area (Å²) in [4.78, 5) is 37.6. The van der Waals surface area contributed by atoms with Gasteiger partial charge in [-0.2, -0.15) is 0 Å². The fraction of sp³-hybridized carbons (Fsp3) is 0.216. The van der Waals surface area contributed by atoms with Crippen LogP contribution < -0.4 is 14.2 Å². The largest absolute Gasteiger partial charge is 0.509 e. The average Bonchev–Trinajstić information content (AvgIpc) is 3.10. The van der Waals surface area contributed by atoms with E-state index >= 15 is 0 Å². The van der Waals surface area contributed by atoms with E-state index in [0.717, 1.165) is 16.7 Å². The van der Waals surface area contributed by atoms with Gasteiger partial charge in [0.05, 0.1) is 18.7 Å². The minimum atomic E-state index is -1.26. The second-order valence-electron chi connectivity index (χ2n) is 10.3. The van der Waals surface area contributed by atoms with Gasteiger partial charge in [0.2, 0.25) is 6.10 Å². The molecule has 0 saturated heterocycles. The lowest BCUT2D eigenvalue weighted by Gasteiger charge is -2.18. The lowest BCUT2D eigenvalue weighted by molar-refractivity contribution is -0.156. The molecule has 0 aliphatic rings. The fourth-order valence-corrected chi connectivity index (χ4v) is 4.89. The molecule has 0 bridgehead atoms. The summed E-state index contributed by atoms with van der Waals surface area (Å²) < 4.78 is 32.3. The molecule has 0 spiro atoms. The average molecular weight is 694 g/mol. The van der Waals surface area contributed by atoms with E-state index in [0.29, 0.717) is 28.5 Å². The number of esters is 2. The molecular formula is C37H34Cl2O9. The number of halogens is 2. The van der Waals surface area contributed by atoms with Crippen LogP contribution >= 0.6 is 23.2 Å². The Morgan fingerprint density at radius 3 is 2.31 bits per heavy atom. The van der Waals surface area contributed by atoms with Gasteiger partial charge >= 0.3 is 18.1 Å². The molecule has 0 N–H and O–H groups in total. The van der Waals surface area contributed by atoms with Crippen LogP contribution in [0.1, 0.15) is 24.0 Å². The molecular weight excluding hydrogens is 659 g/mol. The Balaban J connectivity index is 1.31. The monoisotopic (exact) mass is 692 g/mol. The van der Waals surface area contributed by atoms with Gasteiger partial charge < -0.3 is 28.4 Å². The maximum absolute atomic E-state index is 13.2. The first-order valence-corrected chi connectivity index (χ1v) is 15.7. The zero-order valence-corrected chi connectivity index (χ0v) is 27.7. The molecule has 250 valence electrons. The fourth-order valence-electron chi connectivity index (χ4n) is 4.44. The normalized spacial score (nSPS) is 11.1. The van der Waals surface area contributed by atoms with Crippen LogP contribution in [0.3, 0.4) is 0 Å². The molecule has 0 radical (unpaired) electrons. The van der Waals surface area contributed by atoms with Gasteiger partial charge in [-0.3, -0.25) is 4.79 Å². The van der Waals surface area contributed by atoms with Crippen LogP contribution in [0, 0.1) is 0 Å². The molecule has 4 rings (SSSR count). The Morgan fingerprint density at radius 1 is 0.854 bits per heavy atom. The molecule has 11 heteroatoms. The third kappa shape index (κ3) is 11.1. The maximum Gasteiger partial charge on any atom is 0.509 e. The van der Waals surface area contributed by atoms with Crippen molar-refractivity contribution in [1.29, 1.82) is 0 Å². The zero-order valence-electron chi connectivity index (χ0n) is 26.2. The van der Waals surface area contributed by atoms with Crippen molar-refractivity contribution in [2.45, 2.75) is 32.0 Å². The first kappa shape index (κ1) is 35.9. The molecule has 0 heterocycles. The van der Waals surface area contributed by atoms with Crippen molar-refractivity contribution >= 4 is 41.3 Å². The van der Waals surface area contributed by atoms with Crippen LogP contribution in [0.5, 0.6) is 17.2 Å². The molecule has 1 unspecified atom stereocenters. The van der Waals surface area contributed by atoms with E-state index in [4.69, 9.17) is 51.6 Å². The van der Waals surface area contributed by atoms with Crippen molar-refractivity contribution in [3.63, 3.8) is 0 Å². The Hall–Kier alpha value is -4.99. The van der Waals surface area contributed by atoms with Crippen LogP contribution in [-0.4, -0.2) is 44.5 Å². The van der Waals surface area contributed by atoms with Crippen LogP contribution in [-0.2, 0) is 36.8 Å². The molecule has 0 aliphatic carbocycles. The minimum absolute atomic E-state index is 0.0691. The Morgan fingerprint density at radius 2 is 1.60 bits per heavy atom. The molecule has 4 aromatic carbocycles. The highest BCUT2D eigenvalue weighted by molar-refractivity contribution is 6.35. The molecule has 0 aromatic heterocycles. The molecule has 0 aliphatic heterocycles. The van der Waals surface area contributed by atoms with Crippen molar-refractivity contribution in [3.05, 3.63) is 125 Å². The summed E-state index contributed by atoms with van der Waals surface area (Å²) >= 11 is 11.9. The second-order valence-corrected chi connectivity index (χ2v) is 11.1. The summed E-state index contributed by atoms with van der Waals surface area (Å²) in [5, 5.41) is 0.682. The molecule has 9 nitrogen and oxygen atoms in total. The highest BCUT2D eigenvalue weighted by Crippen LogP contribution is 2.29. The SMILES string of the molecule is C=CCOC(=O)OC(Cc1ccc(-c2ccccc2)cc1)C(=O)OCc1ccc(OCCCC(=O)Oc2ccc(Cl)cc2Cl)cc1OC. The third-order valence-corrected chi connectivity index (χ3v) is 7.37. The maximum atomic E-state index is 13.2. The summed E-state index contributed by atoms with van der Waals surface area (Å²) in [6.45, 7) is 3.51. The van der Waals surface area contributed by atoms with E-state index in [2.05, 4.69) is 6.58 Å². The van der Waals surface area contributed by atoms with Crippen molar-refractivity contribution < 1.29 is 42.8 Å². The topological polar surface area (TPSA) is 107 Å². The number of methoxy groups -OCH3 is 1. The predicted molar refractivity (Wildman–Crippen MR) is 182 cm³/mol. The second kappa shape index (κ2) is 18.4. The van der Waals surface area contributed by atoms with Crippen LogP contribution in [0.2, 0.25) is 10.0 Å². The number of hydrogen-bond acceptors (Lipinski definition) is 9. The number of benzene rings is 4. The summed E-state index contributed by atoms with van der Waals surface area (Å²) in [5.41, 5.74) is 3.37. The number of hydrogen-bond donors (Lipinski definition) is 0. The molecule has 48 heavy (non-hydrogen) atoms. The van der Waals surface area contributed by atoms with Crippen LogP contribution in [0.25, 0.3) is 11.1 Å². The van der Waals surface area contributed by atoms with E-state index in [9.17, 15) is 14.4 Å². The van der Waals surface area contributed by atoms with Gasteiger partial charge in [0.1, 0.15) is 30.5 Å². The Labute approximate surface area is 288 Å². The molecule has 0 fully saturated rings. The van der Waals surface area contributed by atoms with Gasteiger partial charge in [0, 0.05) is 29.5 Å². The lowest BCUT2D eigenvalue weighted by Crippen LogP contribution is -2.31. The van der Waals surface area contributed by atoms with Gasteiger partial charge in [0.25, 0.3) is 0 Å². The third-order valence-electron chi connectivity index (χ3n) is 6.84. The number of carbonyl (C=O) groups is 3. The summed E-state index contributed by atoms with van der Waals surface area (Å²) in [6, 6.07) is 27.1. The summed E-state index contributed by atoms with van der Waals surface area (Å²) in [6.07, 6.45) is -0.325. The quantitative estimate of drug-likeness (QED) is 0.0495. The molecule has 4 aromatic rings. The van der Waals surface area contributed by atoms with Crippen LogP contribution in [0.4, 0.5) is 4.79 Å². The number of carbonyl (C=O) groups excluding carboxylic acids is 3. The van der Waals surface area contributed by atoms with E-state index < -0.39 is 24.2 Å². The highest BCUT2D eigenvalue weighted by Gasteiger charge is 2.26. The van der Waals surface area contributed by atoms with Gasteiger partial charge in [-0.25, -0.2) is 9.59 Å². The van der Waals surface area contributed by atoms with E-state index in [-0.39, 0.29) is 43.4 Å². The zero-order chi connectivity index (χ0) is 34.3. The first-order chi connectivity index (χ1) is 23.2. The van der Waals surface area contributed by atoms with E-state index in [1.807, 2.05) is 54.6 Å².